The molecule has 2 nitrogen and oxygen atoms in total. The zero-order chi connectivity index (χ0) is 25.1. The van der Waals surface area contributed by atoms with Crippen molar-refractivity contribution < 1.29 is 20.1 Å². The van der Waals surface area contributed by atoms with E-state index in [4.69, 9.17) is 0 Å². The van der Waals surface area contributed by atoms with Crippen LogP contribution in [0.5, 0.6) is 0 Å². The molecule has 6 rings (SSSR count). The molecule has 0 aliphatic heterocycles. The van der Waals surface area contributed by atoms with Gasteiger partial charge in [-0.1, -0.05) is 18.2 Å². The molecular weight excluding hydrogens is 709 g/mol. The molecule has 5 heteroatoms. The maximum atomic E-state index is 4.60. The standard InChI is InChI=1S/C18H12NS.C14H16GeN.Ir/c1-12-7-8-14-15-11-19-16(13-5-3-2-4-6-13)10-18(15)20-17(14)9-12;1-15(2,3)13-9-10-14(16-11-13)12-7-5-4-6-8-12;/h2-5,7-11H,1H3;4-7,9-11H,1-3H3;/q2*-1;. The Bertz CT molecular complexity index is 1610. The van der Waals surface area contributed by atoms with Crippen molar-refractivity contribution in [3.05, 3.63) is 115 Å². The van der Waals surface area contributed by atoms with E-state index in [0.29, 0.717) is 0 Å². The molecule has 6 aromatic rings. The second-order valence-corrected chi connectivity index (χ2v) is 21.6. The van der Waals surface area contributed by atoms with Crippen LogP contribution in [-0.4, -0.2) is 23.2 Å². The number of aromatic nitrogens is 2. The summed E-state index contributed by atoms with van der Waals surface area (Å²) in [6.07, 6.45) is 4.02. The van der Waals surface area contributed by atoms with Gasteiger partial charge in [-0.3, -0.25) is 0 Å². The summed E-state index contributed by atoms with van der Waals surface area (Å²) in [6, 6.07) is 35.5. The van der Waals surface area contributed by atoms with Gasteiger partial charge in [0.05, 0.1) is 0 Å². The molecule has 0 spiro atoms. The van der Waals surface area contributed by atoms with Gasteiger partial charge in [-0.15, -0.1) is 47.2 Å². The van der Waals surface area contributed by atoms with Crippen LogP contribution in [0.25, 0.3) is 42.7 Å². The van der Waals surface area contributed by atoms with Gasteiger partial charge < -0.3 is 4.98 Å². The van der Waals surface area contributed by atoms with Crippen molar-refractivity contribution in [2.45, 2.75) is 24.2 Å². The molecule has 0 saturated heterocycles. The first kappa shape index (κ1) is 27.4. The fraction of sp³-hybridized carbons (Fsp3) is 0.125. The average molecular weight is 737 g/mol. The van der Waals surface area contributed by atoms with Gasteiger partial charge >= 0.3 is 99.8 Å². The van der Waals surface area contributed by atoms with E-state index >= 15 is 0 Å². The molecule has 3 aromatic carbocycles. The molecular formula is C32H28GeIrN2S-2. The number of fused-ring (bicyclic) bond motifs is 3. The molecule has 0 amide bonds. The molecule has 0 atom stereocenters. The molecule has 0 saturated carbocycles. The average Bonchev–Trinajstić information content (AvgIpc) is 3.26. The van der Waals surface area contributed by atoms with Gasteiger partial charge in [0.15, 0.2) is 0 Å². The van der Waals surface area contributed by atoms with E-state index in [-0.39, 0.29) is 20.1 Å². The molecule has 37 heavy (non-hydrogen) atoms. The molecule has 0 aliphatic rings. The van der Waals surface area contributed by atoms with Crippen LogP contribution in [0.1, 0.15) is 5.56 Å². The SMILES string of the molecule is Cc1ccc2c(c1)sc1cc(-c3[c-]cccc3)ncc12.[CH3][Ge]([CH3])([CH3])[c]1ccc(-c2[c-]cccc2)nc1.[Ir]. The smallest absolute Gasteiger partial charge is 0 e. The number of hydrogen-bond acceptors (Lipinski definition) is 3. The normalized spacial score (nSPS) is 11.0. The van der Waals surface area contributed by atoms with Gasteiger partial charge in [0.1, 0.15) is 0 Å². The van der Waals surface area contributed by atoms with Gasteiger partial charge in [-0.2, -0.15) is 0 Å². The number of nitrogens with zero attached hydrogens (tertiary/aromatic N) is 2. The van der Waals surface area contributed by atoms with Crippen LogP contribution in [0, 0.1) is 19.1 Å². The molecule has 0 aliphatic carbocycles. The fourth-order valence-electron chi connectivity index (χ4n) is 4.03. The molecule has 187 valence electrons. The van der Waals surface area contributed by atoms with Crippen LogP contribution < -0.4 is 4.40 Å². The molecule has 0 bridgehead atoms. The van der Waals surface area contributed by atoms with Crippen molar-refractivity contribution in [3.63, 3.8) is 0 Å². The summed E-state index contributed by atoms with van der Waals surface area (Å²) >= 11 is 0.115. The number of benzene rings is 3. The zero-order valence-corrected chi connectivity index (χ0v) is 26.7. The number of pyridine rings is 2. The monoisotopic (exact) mass is 739 g/mol. The Hall–Kier alpha value is -2.63. The minimum atomic E-state index is -1.72. The van der Waals surface area contributed by atoms with E-state index in [1.165, 1.54) is 30.1 Å². The summed E-state index contributed by atoms with van der Waals surface area (Å²) < 4.78 is 4.06. The third kappa shape index (κ3) is 6.45. The quantitative estimate of drug-likeness (QED) is 0.135. The first-order valence-corrected chi connectivity index (χ1v) is 20.2. The molecule has 1 radical (unpaired) electrons. The molecule has 3 aromatic heterocycles. The predicted octanol–water partition coefficient (Wildman–Crippen LogP) is 8.32. The second-order valence-electron chi connectivity index (χ2n) is 9.90. The third-order valence-electron chi connectivity index (χ3n) is 6.11. The van der Waals surface area contributed by atoms with Crippen molar-refractivity contribution in [2.75, 3.05) is 0 Å². The van der Waals surface area contributed by atoms with E-state index in [1.807, 2.05) is 72.3 Å². The largest absolute Gasteiger partial charge is 0 e. The molecule has 0 fully saturated rings. The van der Waals surface area contributed by atoms with Crippen molar-refractivity contribution in [3.8, 4) is 22.5 Å². The summed E-state index contributed by atoms with van der Waals surface area (Å²) in [5, 5.41) is 2.54. The Balaban J connectivity index is 0.000000173. The first-order valence-electron chi connectivity index (χ1n) is 12.1. The molecule has 0 N–H and O–H groups in total. The van der Waals surface area contributed by atoms with E-state index < -0.39 is 13.3 Å². The van der Waals surface area contributed by atoms with Gasteiger partial charge in [-0.05, 0) is 24.2 Å². The maximum absolute atomic E-state index is 4.60. The number of thiophene rings is 1. The van der Waals surface area contributed by atoms with Crippen LogP contribution in [0.15, 0.2) is 97.3 Å². The van der Waals surface area contributed by atoms with E-state index in [2.05, 4.69) is 82.7 Å². The Morgan fingerprint density at radius 2 is 1.32 bits per heavy atom. The topological polar surface area (TPSA) is 25.8 Å². The van der Waals surface area contributed by atoms with E-state index in [0.717, 1.165) is 22.5 Å². The van der Waals surface area contributed by atoms with Crippen LogP contribution in [-0.2, 0) is 20.1 Å². The minimum Gasteiger partial charge on any atom is 0 e. The van der Waals surface area contributed by atoms with Crippen molar-refractivity contribution in [1.82, 2.24) is 9.97 Å². The van der Waals surface area contributed by atoms with Crippen LogP contribution in [0.2, 0.25) is 17.3 Å². The Morgan fingerprint density at radius 3 is 1.92 bits per heavy atom. The number of aryl methyl sites for hydroxylation is 1. The number of hydrogen-bond donors (Lipinski definition) is 0. The molecule has 3 heterocycles. The minimum absolute atomic E-state index is 0. The van der Waals surface area contributed by atoms with Crippen molar-refractivity contribution in [2.24, 2.45) is 0 Å². The second kappa shape index (κ2) is 11.8. The fourth-order valence-corrected chi connectivity index (χ4v) is 7.41. The van der Waals surface area contributed by atoms with E-state index in [9.17, 15) is 0 Å². The summed E-state index contributed by atoms with van der Waals surface area (Å²) in [7, 11) is 0. The van der Waals surface area contributed by atoms with Crippen molar-refractivity contribution >= 4 is 49.2 Å². The zero-order valence-electron chi connectivity index (χ0n) is 21.4. The van der Waals surface area contributed by atoms with Gasteiger partial charge in [0.25, 0.3) is 0 Å². The van der Waals surface area contributed by atoms with Gasteiger partial charge in [0.2, 0.25) is 0 Å². The summed E-state index contributed by atoms with van der Waals surface area (Å²) in [6.45, 7) is 2.13. The summed E-state index contributed by atoms with van der Waals surface area (Å²) in [4.78, 5) is 9.13. The number of rotatable bonds is 3. The Kier molecular flexibility index (Phi) is 8.76. The summed E-state index contributed by atoms with van der Waals surface area (Å²) in [5.41, 5.74) is 5.41. The summed E-state index contributed by atoms with van der Waals surface area (Å²) in [5.74, 6) is 7.14. The Labute approximate surface area is 239 Å². The predicted molar refractivity (Wildman–Crippen MR) is 158 cm³/mol. The maximum Gasteiger partial charge on any atom is 0 e. The van der Waals surface area contributed by atoms with Crippen LogP contribution >= 0.6 is 11.3 Å². The third-order valence-corrected chi connectivity index (χ3v) is 11.5. The van der Waals surface area contributed by atoms with Crippen LogP contribution in [0.4, 0.5) is 0 Å². The van der Waals surface area contributed by atoms with Crippen molar-refractivity contribution in [1.29, 1.82) is 0 Å². The van der Waals surface area contributed by atoms with Gasteiger partial charge in [0, 0.05) is 46.5 Å². The Morgan fingerprint density at radius 1 is 0.676 bits per heavy atom. The van der Waals surface area contributed by atoms with Gasteiger partial charge in [-0.25, -0.2) is 0 Å². The molecule has 0 unspecified atom stereocenters. The van der Waals surface area contributed by atoms with E-state index in [1.54, 1.807) is 0 Å². The van der Waals surface area contributed by atoms with Crippen LogP contribution in [0.3, 0.4) is 0 Å². The first-order chi connectivity index (χ1) is 17.4.